The number of hydrogen-bond donors (Lipinski definition) is 2. The van der Waals surface area contributed by atoms with Crippen molar-refractivity contribution in [1.82, 2.24) is 10.3 Å². The van der Waals surface area contributed by atoms with Crippen LogP contribution in [0.4, 0.5) is 9.52 Å². The molecule has 0 aliphatic rings. The number of amides is 2. The number of carbonyl (C=O) groups excluding carboxylic acids is 2. The van der Waals surface area contributed by atoms with Gasteiger partial charge >= 0.3 is 0 Å². The molecule has 1 unspecified atom stereocenters. The number of nitrogens with one attached hydrogen (secondary N) is 2. The highest BCUT2D eigenvalue weighted by molar-refractivity contribution is 7.22. The second-order valence-corrected chi connectivity index (χ2v) is 6.07. The summed E-state index contributed by atoms with van der Waals surface area (Å²) in [5, 5.41) is 5.66. The second-order valence-electron chi connectivity index (χ2n) is 5.04. The molecule has 0 fully saturated rings. The first-order valence-electron chi connectivity index (χ1n) is 6.51. The molecule has 2 amide bonds. The van der Waals surface area contributed by atoms with Gasteiger partial charge in [-0.2, -0.15) is 0 Å². The highest BCUT2D eigenvalue weighted by atomic mass is 32.1. The maximum atomic E-state index is 13.1. The molecule has 1 atom stereocenters. The van der Waals surface area contributed by atoms with Gasteiger partial charge in [-0.3, -0.25) is 9.59 Å². The normalized spacial score (nSPS) is 12.4. The molecule has 0 saturated carbocycles. The quantitative estimate of drug-likeness (QED) is 0.911. The van der Waals surface area contributed by atoms with Crippen LogP contribution in [0.3, 0.4) is 0 Å². The monoisotopic (exact) mass is 309 g/mol. The highest BCUT2D eigenvalue weighted by Crippen LogP contribution is 2.26. The number of anilines is 1. The third-order valence-corrected chi connectivity index (χ3v) is 3.82. The van der Waals surface area contributed by atoms with Crippen LogP contribution in [-0.4, -0.2) is 22.8 Å². The number of hydrogen-bond acceptors (Lipinski definition) is 4. The Balaban J connectivity index is 2.17. The van der Waals surface area contributed by atoms with E-state index in [9.17, 15) is 14.0 Å². The van der Waals surface area contributed by atoms with E-state index in [1.807, 2.05) is 13.8 Å². The van der Waals surface area contributed by atoms with Gasteiger partial charge in [0.05, 0.1) is 10.2 Å². The van der Waals surface area contributed by atoms with Crippen molar-refractivity contribution in [2.75, 3.05) is 5.32 Å². The highest BCUT2D eigenvalue weighted by Gasteiger charge is 2.23. The predicted octanol–water partition coefficient (Wildman–Crippen LogP) is 2.53. The lowest BCUT2D eigenvalue weighted by molar-refractivity contribution is -0.126. The molecular formula is C14H16FN3O2S. The Hall–Kier alpha value is -2.02. The van der Waals surface area contributed by atoms with Gasteiger partial charge in [-0.05, 0) is 24.1 Å². The van der Waals surface area contributed by atoms with Crippen LogP contribution in [-0.2, 0) is 9.59 Å². The molecule has 0 spiro atoms. The third kappa shape index (κ3) is 3.75. The first-order chi connectivity index (χ1) is 9.86. The summed E-state index contributed by atoms with van der Waals surface area (Å²) in [6, 6.07) is 3.62. The van der Waals surface area contributed by atoms with Crippen molar-refractivity contribution < 1.29 is 14.0 Å². The molecule has 2 rings (SSSR count). The first-order valence-corrected chi connectivity index (χ1v) is 7.32. The van der Waals surface area contributed by atoms with Gasteiger partial charge in [-0.1, -0.05) is 25.2 Å². The van der Waals surface area contributed by atoms with Crippen LogP contribution in [0.1, 0.15) is 20.8 Å². The van der Waals surface area contributed by atoms with Crippen molar-refractivity contribution in [2.45, 2.75) is 26.8 Å². The van der Waals surface area contributed by atoms with E-state index in [1.54, 1.807) is 6.07 Å². The summed E-state index contributed by atoms with van der Waals surface area (Å²) in [6.07, 6.45) is 0. The molecule has 0 aliphatic heterocycles. The van der Waals surface area contributed by atoms with Crippen LogP contribution in [0.25, 0.3) is 10.2 Å². The number of fused-ring (bicyclic) bond motifs is 1. The maximum Gasteiger partial charge on any atom is 0.248 e. The predicted molar refractivity (Wildman–Crippen MR) is 80.7 cm³/mol. The number of nitrogens with zero attached hydrogens (tertiary/aromatic N) is 1. The van der Waals surface area contributed by atoms with Gasteiger partial charge in [0.25, 0.3) is 0 Å². The molecule has 1 heterocycles. The van der Waals surface area contributed by atoms with Crippen molar-refractivity contribution in [3.8, 4) is 0 Å². The van der Waals surface area contributed by atoms with Gasteiger partial charge in [0.2, 0.25) is 11.8 Å². The summed E-state index contributed by atoms with van der Waals surface area (Å²) in [5.74, 6) is -1.00. The molecule has 0 radical (unpaired) electrons. The van der Waals surface area contributed by atoms with Crippen LogP contribution in [0.15, 0.2) is 18.2 Å². The Labute approximate surface area is 125 Å². The Morgan fingerprint density at radius 2 is 2.05 bits per heavy atom. The zero-order valence-corrected chi connectivity index (χ0v) is 12.8. The fourth-order valence-corrected chi connectivity index (χ4v) is 2.78. The largest absolute Gasteiger partial charge is 0.344 e. The van der Waals surface area contributed by atoms with Crippen molar-refractivity contribution in [3.63, 3.8) is 0 Å². The van der Waals surface area contributed by atoms with Crippen molar-refractivity contribution >= 4 is 38.5 Å². The molecule has 0 bridgehead atoms. The van der Waals surface area contributed by atoms with E-state index in [1.165, 1.54) is 30.4 Å². The zero-order chi connectivity index (χ0) is 15.6. The number of rotatable bonds is 4. The smallest absolute Gasteiger partial charge is 0.248 e. The molecule has 21 heavy (non-hydrogen) atoms. The average Bonchev–Trinajstić information content (AvgIpc) is 2.76. The molecule has 2 N–H and O–H groups in total. The minimum absolute atomic E-state index is 0.0549. The van der Waals surface area contributed by atoms with Gasteiger partial charge in [-0.25, -0.2) is 9.37 Å². The van der Waals surface area contributed by atoms with Gasteiger partial charge < -0.3 is 10.6 Å². The van der Waals surface area contributed by atoms with Crippen LogP contribution in [0.2, 0.25) is 0 Å². The Morgan fingerprint density at radius 3 is 2.67 bits per heavy atom. The van der Waals surface area contributed by atoms with Crippen molar-refractivity contribution in [3.05, 3.63) is 24.0 Å². The summed E-state index contributed by atoms with van der Waals surface area (Å²) in [6.45, 7) is 5.05. The van der Waals surface area contributed by atoms with E-state index in [0.29, 0.717) is 15.3 Å². The topological polar surface area (TPSA) is 71.1 Å². The molecular weight excluding hydrogens is 293 g/mol. The summed E-state index contributed by atoms with van der Waals surface area (Å²) in [4.78, 5) is 27.6. The Bertz CT molecular complexity index is 684. The van der Waals surface area contributed by atoms with Crippen LogP contribution in [0.5, 0.6) is 0 Å². The molecule has 2 aromatic rings. The minimum atomic E-state index is -0.633. The Kier molecular flexibility index (Phi) is 4.52. The fourth-order valence-electron chi connectivity index (χ4n) is 1.89. The lowest BCUT2D eigenvalue weighted by atomic mass is 10.0. The molecule has 0 aliphatic carbocycles. The molecule has 112 valence electrons. The molecule has 7 heteroatoms. The molecule has 0 saturated heterocycles. The standard InChI is InChI=1S/C14H16FN3O2S/c1-7(2)12(16-8(3)19)13(20)18-14-17-10-5-4-9(15)6-11(10)21-14/h4-7,12H,1-3H3,(H,16,19)(H,17,18,20). The average molecular weight is 309 g/mol. The number of carbonyl (C=O) groups is 2. The summed E-state index contributed by atoms with van der Waals surface area (Å²) in [7, 11) is 0. The van der Waals surface area contributed by atoms with Crippen LogP contribution >= 0.6 is 11.3 Å². The Morgan fingerprint density at radius 1 is 1.33 bits per heavy atom. The van der Waals surface area contributed by atoms with E-state index < -0.39 is 6.04 Å². The summed E-state index contributed by atoms with van der Waals surface area (Å²) >= 11 is 1.19. The van der Waals surface area contributed by atoms with Crippen LogP contribution < -0.4 is 10.6 Å². The van der Waals surface area contributed by atoms with Crippen molar-refractivity contribution in [2.24, 2.45) is 5.92 Å². The molecule has 1 aromatic carbocycles. The second kappa shape index (κ2) is 6.17. The van der Waals surface area contributed by atoms with Gasteiger partial charge in [0.15, 0.2) is 5.13 Å². The maximum absolute atomic E-state index is 13.1. The van der Waals surface area contributed by atoms with Crippen LogP contribution in [0, 0.1) is 11.7 Å². The molecule has 5 nitrogen and oxygen atoms in total. The minimum Gasteiger partial charge on any atom is -0.344 e. The van der Waals surface area contributed by atoms with E-state index in [4.69, 9.17) is 0 Å². The first kappa shape index (κ1) is 15.4. The van der Waals surface area contributed by atoms with E-state index in [-0.39, 0.29) is 23.5 Å². The number of aromatic nitrogens is 1. The van der Waals surface area contributed by atoms with E-state index in [2.05, 4.69) is 15.6 Å². The zero-order valence-electron chi connectivity index (χ0n) is 11.9. The number of halogens is 1. The van der Waals surface area contributed by atoms with Gasteiger partial charge in [0.1, 0.15) is 11.9 Å². The number of thiazole rings is 1. The SMILES string of the molecule is CC(=O)NC(C(=O)Nc1nc2ccc(F)cc2s1)C(C)C. The fraction of sp³-hybridized carbons (Fsp3) is 0.357. The van der Waals surface area contributed by atoms with Gasteiger partial charge in [-0.15, -0.1) is 0 Å². The lowest BCUT2D eigenvalue weighted by Crippen LogP contribution is -2.46. The summed E-state index contributed by atoms with van der Waals surface area (Å²) < 4.78 is 13.8. The van der Waals surface area contributed by atoms with Crippen molar-refractivity contribution in [1.29, 1.82) is 0 Å². The lowest BCUT2D eigenvalue weighted by Gasteiger charge is -2.19. The van der Waals surface area contributed by atoms with E-state index >= 15 is 0 Å². The van der Waals surface area contributed by atoms with Gasteiger partial charge in [0, 0.05) is 6.92 Å². The third-order valence-electron chi connectivity index (χ3n) is 2.89. The van der Waals surface area contributed by atoms with E-state index in [0.717, 1.165) is 0 Å². The summed E-state index contributed by atoms with van der Waals surface area (Å²) in [5.41, 5.74) is 0.623. The number of benzene rings is 1. The molecule has 1 aromatic heterocycles.